The van der Waals surface area contributed by atoms with E-state index in [0.29, 0.717) is 16.5 Å². The molecule has 0 aliphatic carbocycles. The highest BCUT2D eigenvalue weighted by atomic mass is 35.5. The number of aryl methyl sites for hydroxylation is 2. The van der Waals surface area contributed by atoms with E-state index in [4.69, 9.17) is 29.0 Å². The van der Waals surface area contributed by atoms with Crippen LogP contribution in [0.2, 0.25) is 10.0 Å². The summed E-state index contributed by atoms with van der Waals surface area (Å²) in [6.07, 6.45) is 1.45. The molecule has 2 rings (SSSR count). The van der Waals surface area contributed by atoms with Gasteiger partial charge in [-0.15, -0.1) is 0 Å². The smallest absolute Gasteiger partial charge is 0.0628 e. The molecule has 0 saturated heterocycles. The number of halogens is 2. The molecule has 0 amide bonds. The molecular weight excluding hydrogens is 307 g/mol. The summed E-state index contributed by atoms with van der Waals surface area (Å²) in [5, 5.41) is 5.77. The van der Waals surface area contributed by atoms with Crippen LogP contribution in [0.25, 0.3) is 0 Å². The zero-order valence-electron chi connectivity index (χ0n) is 12.5. The minimum absolute atomic E-state index is 0.0454. The predicted octanol–water partition coefficient (Wildman–Crippen LogP) is 2.96. The van der Waals surface area contributed by atoms with E-state index in [1.807, 2.05) is 36.9 Å². The molecule has 1 heterocycles. The predicted molar refractivity (Wildman–Crippen MR) is 87.7 cm³/mol. The Labute approximate surface area is 135 Å². The Morgan fingerprint density at radius 2 is 1.76 bits per heavy atom. The molecular formula is C15H20Cl2N4. The van der Waals surface area contributed by atoms with Crippen LogP contribution in [0.1, 0.15) is 22.5 Å². The maximum atomic E-state index is 6.23. The summed E-state index contributed by atoms with van der Waals surface area (Å²) in [6, 6.07) is 5.58. The Hall–Kier alpha value is -1.07. The second-order valence-electron chi connectivity index (χ2n) is 5.25. The van der Waals surface area contributed by atoms with Gasteiger partial charge in [0, 0.05) is 28.8 Å². The average molecular weight is 327 g/mol. The molecule has 2 aromatic rings. The van der Waals surface area contributed by atoms with Crippen LogP contribution in [0.5, 0.6) is 0 Å². The van der Waals surface area contributed by atoms with Crippen molar-refractivity contribution in [1.29, 1.82) is 0 Å². The number of hydrazine groups is 1. The molecule has 0 saturated carbocycles. The Bertz CT molecular complexity index is 617. The topological polar surface area (TPSA) is 55.9 Å². The normalized spacial score (nSPS) is 12.7. The Morgan fingerprint density at radius 1 is 1.19 bits per heavy atom. The molecule has 114 valence electrons. The van der Waals surface area contributed by atoms with Gasteiger partial charge in [-0.3, -0.25) is 16.0 Å². The molecule has 1 atom stereocenters. The van der Waals surface area contributed by atoms with Crippen molar-refractivity contribution < 1.29 is 0 Å². The van der Waals surface area contributed by atoms with Gasteiger partial charge in [-0.25, -0.2) is 0 Å². The second-order valence-corrected chi connectivity index (χ2v) is 6.06. The SMILES string of the molecule is Cc1nn(C)c(C)c1CC(Cc1c(Cl)cccc1Cl)NN. The van der Waals surface area contributed by atoms with Crippen LogP contribution in [-0.4, -0.2) is 15.8 Å². The van der Waals surface area contributed by atoms with Gasteiger partial charge in [0.1, 0.15) is 0 Å². The van der Waals surface area contributed by atoms with Gasteiger partial charge in [0.2, 0.25) is 0 Å². The lowest BCUT2D eigenvalue weighted by Gasteiger charge is -2.18. The molecule has 0 aliphatic rings. The Balaban J connectivity index is 2.21. The van der Waals surface area contributed by atoms with Gasteiger partial charge in [-0.2, -0.15) is 5.10 Å². The summed E-state index contributed by atoms with van der Waals surface area (Å²) in [5.74, 6) is 5.71. The first-order chi connectivity index (χ1) is 9.93. The number of benzene rings is 1. The largest absolute Gasteiger partial charge is 0.272 e. The van der Waals surface area contributed by atoms with E-state index < -0.39 is 0 Å². The quantitative estimate of drug-likeness (QED) is 0.656. The molecule has 4 nitrogen and oxygen atoms in total. The van der Waals surface area contributed by atoms with Crippen LogP contribution in [0.15, 0.2) is 18.2 Å². The van der Waals surface area contributed by atoms with Crippen molar-refractivity contribution >= 4 is 23.2 Å². The number of nitrogens with one attached hydrogen (secondary N) is 1. The van der Waals surface area contributed by atoms with E-state index in [1.54, 1.807) is 0 Å². The molecule has 6 heteroatoms. The van der Waals surface area contributed by atoms with Gasteiger partial charge in [-0.05, 0) is 49.9 Å². The minimum Gasteiger partial charge on any atom is -0.272 e. The average Bonchev–Trinajstić information content (AvgIpc) is 2.67. The highest BCUT2D eigenvalue weighted by Gasteiger charge is 2.18. The lowest BCUT2D eigenvalue weighted by molar-refractivity contribution is 0.520. The first kappa shape index (κ1) is 16.3. The summed E-state index contributed by atoms with van der Waals surface area (Å²) in [6.45, 7) is 4.07. The highest BCUT2D eigenvalue weighted by molar-refractivity contribution is 6.36. The second kappa shape index (κ2) is 6.79. The summed E-state index contributed by atoms with van der Waals surface area (Å²) in [5.41, 5.74) is 7.17. The van der Waals surface area contributed by atoms with Crippen molar-refractivity contribution in [3.63, 3.8) is 0 Å². The molecule has 0 spiro atoms. The van der Waals surface area contributed by atoms with Crippen molar-refractivity contribution in [2.75, 3.05) is 0 Å². The van der Waals surface area contributed by atoms with Gasteiger partial charge in [0.05, 0.1) is 5.69 Å². The standard InChI is InChI=1S/C15H20Cl2N4/c1-9-12(10(2)21(3)20-9)7-11(19-18)8-13-14(16)5-4-6-15(13)17/h4-6,11,19H,7-8,18H2,1-3H3. The third-order valence-corrected chi connectivity index (χ3v) is 4.57. The zero-order valence-corrected chi connectivity index (χ0v) is 14.0. The first-order valence-corrected chi connectivity index (χ1v) is 7.57. The minimum atomic E-state index is 0.0454. The maximum absolute atomic E-state index is 6.23. The molecule has 1 unspecified atom stereocenters. The van der Waals surface area contributed by atoms with Crippen LogP contribution in [0.4, 0.5) is 0 Å². The van der Waals surface area contributed by atoms with Crippen LogP contribution in [0, 0.1) is 13.8 Å². The van der Waals surface area contributed by atoms with E-state index >= 15 is 0 Å². The Morgan fingerprint density at radius 3 is 2.24 bits per heavy atom. The summed E-state index contributed by atoms with van der Waals surface area (Å²) in [7, 11) is 1.95. The number of aromatic nitrogens is 2. The van der Waals surface area contributed by atoms with E-state index in [-0.39, 0.29) is 6.04 Å². The monoisotopic (exact) mass is 326 g/mol. The number of hydrogen-bond acceptors (Lipinski definition) is 3. The van der Waals surface area contributed by atoms with Crippen LogP contribution < -0.4 is 11.3 Å². The first-order valence-electron chi connectivity index (χ1n) is 6.82. The van der Waals surface area contributed by atoms with Crippen LogP contribution in [0.3, 0.4) is 0 Å². The molecule has 1 aromatic heterocycles. The zero-order chi connectivity index (χ0) is 15.6. The fourth-order valence-electron chi connectivity index (χ4n) is 2.52. The third kappa shape index (κ3) is 3.58. The fourth-order valence-corrected chi connectivity index (χ4v) is 3.07. The molecule has 0 bridgehead atoms. The van der Waals surface area contributed by atoms with Crippen molar-refractivity contribution in [1.82, 2.24) is 15.2 Å². The number of rotatable bonds is 5. The van der Waals surface area contributed by atoms with Crippen molar-refractivity contribution in [3.8, 4) is 0 Å². The van der Waals surface area contributed by atoms with E-state index in [1.165, 1.54) is 5.56 Å². The summed E-state index contributed by atoms with van der Waals surface area (Å²) >= 11 is 12.5. The van der Waals surface area contributed by atoms with Crippen molar-refractivity contribution in [2.45, 2.75) is 32.7 Å². The van der Waals surface area contributed by atoms with Gasteiger partial charge in [-0.1, -0.05) is 29.3 Å². The van der Waals surface area contributed by atoms with Gasteiger partial charge in [0.15, 0.2) is 0 Å². The number of nitrogens with two attached hydrogens (primary N) is 1. The van der Waals surface area contributed by atoms with Crippen molar-refractivity contribution in [3.05, 3.63) is 50.8 Å². The number of hydrogen-bond donors (Lipinski definition) is 2. The Kier molecular flexibility index (Phi) is 5.27. The molecule has 0 fully saturated rings. The van der Waals surface area contributed by atoms with E-state index in [9.17, 15) is 0 Å². The van der Waals surface area contributed by atoms with Gasteiger partial charge < -0.3 is 0 Å². The molecule has 0 radical (unpaired) electrons. The van der Waals surface area contributed by atoms with E-state index in [0.717, 1.165) is 23.4 Å². The molecule has 21 heavy (non-hydrogen) atoms. The highest BCUT2D eigenvalue weighted by Crippen LogP contribution is 2.26. The molecule has 0 aliphatic heterocycles. The van der Waals surface area contributed by atoms with E-state index in [2.05, 4.69) is 17.4 Å². The van der Waals surface area contributed by atoms with Crippen LogP contribution >= 0.6 is 23.2 Å². The lowest BCUT2D eigenvalue weighted by Crippen LogP contribution is -2.38. The lowest BCUT2D eigenvalue weighted by atomic mass is 9.98. The van der Waals surface area contributed by atoms with Gasteiger partial charge >= 0.3 is 0 Å². The molecule has 3 N–H and O–H groups in total. The molecule has 1 aromatic carbocycles. The summed E-state index contributed by atoms with van der Waals surface area (Å²) < 4.78 is 1.89. The number of nitrogens with zero attached hydrogens (tertiary/aromatic N) is 2. The van der Waals surface area contributed by atoms with Crippen LogP contribution in [-0.2, 0) is 19.9 Å². The fraction of sp³-hybridized carbons (Fsp3) is 0.400. The van der Waals surface area contributed by atoms with Crippen molar-refractivity contribution in [2.24, 2.45) is 12.9 Å². The maximum Gasteiger partial charge on any atom is 0.0628 e. The van der Waals surface area contributed by atoms with Gasteiger partial charge in [0.25, 0.3) is 0 Å². The summed E-state index contributed by atoms with van der Waals surface area (Å²) in [4.78, 5) is 0. The third-order valence-electron chi connectivity index (χ3n) is 3.86.